The highest BCUT2D eigenvalue weighted by Gasteiger charge is 2.51. The fourth-order valence-electron chi connectivity index (χ4n) is 10.5. The number of nitrogens with one attached hydrogen (secondary N) is 1. The van der Waals surface area contributed by atoms with E-state index >= 15 is 0 Å². The monoisotopic (exact) mass is 1210 g/mol. The van der Waals surface area contributed by atoms with Gasteiger partial charge in [0.25, 0.3) is 0 Å². The van der Waals surface area contributed by atoms with Crippen molar-refractivity contribution in [1.29, 1.82) is 0 Å². The van der Waals surface area contributed by atoms with E-state index in [4.69, 9.17) is 18.9 Å². The first-order valence-corrected chi connectivity index (χ1v) is 34.1. The Morgan fingerprint density at radius 3 is 1.28 bits per heavy atom. The molecule has 2 fully saturated rings. The lowest BCUT2D eigenvalue weighted by Gasteiger charge is -2.46. The lowest BCUT2D eigenvalue weighted by molar-refractivity contribution is -0.359. The van der Waals surface area contributed by atoms with E-state index in [2.05, 4.69) is 116 Å². The molecule has 86 heavy (non-hydrogen) atoms. The van der Waals surface area contributed by atoms with Crippen molar-refractivity contribution in [2.24, 2.45) is 0 Å². The highest BCUT2D eigenvalue weighted by molar-refractivity contribution is 5.76. The minimum atomic E-state index is -1.80. The van der Waals surface area contributed by atoms with Gasteiger partial charge >= 0.3 is 0 Å². The summed E-state index contributed by atoms with van der Waals surface area (Å²) in [6.45, 7) is 2.67. The van der Waals surface area contributed by atoms with Crippen LogP contribution < -0.4 is 5.32 Å². The number of hydrogen-bond acceptors (Lipinski definition) is 13. The molecule has 2 aliphatic heterocycles. The van der Waals surface area contributed by atoms with Gasteiger partial charge in [0.05, 0.1) is 32.0 Å². The molecular formula is C72H123NO13. The molecule has 0 spiro atoms. The average Bonchev–Trinajstić information content (AvgIpc) is 2.54. The van der Waals surface area contributed by atoms with Gasteiger partial charge in [0.15, 0.2) is 12.6 Å². The van der Waals surface area contributed by atoms with Crippen LogP contribution in [-0.2, 0) is 23.7 Å². The summed E-state index contributed by atoms with van der Waals surface area (Å²) in [5.41, 5.74) is 0. The van der Waals surface area contributed by atoms with E-state index in [9.17, 15) is 45.6 Å². The molecule has 2 aliphatic rings. The fourth-order valence-corrected chi connectivity index (χ4v) is 10.5. The predicted octanol–water partition coefficient (Wildman–Crippen LogP) is 13.6. The van der Waals surface area contributed by atoms with E-state index in [0.29, 0.717) is 12.8 Å². The van der Waals surface area contributed by atoms with Crippen LogP contribution in [0.2, 0.25) is 0 Å². The third-order valence-electron chi connectivity index (χ3n) is 15.9. The molecule has 1 amide bonds. The SMILES string of the molecule is CC/C=C\C/C=C\C/C=C\C/C=C\C/C=C\C/C=C\C/C=C\CCCCCCCCCCCC(=O)NC(COC1OC(CO)C(OC2OC(CO)C(O)C(O)C2O)C(O)C1O)C(O)/C=C/CC/C=C/CCCCCCCCCCCCCCCCC. The second kappa shape index (κ2) is 55.7. The standard InChI is InChI=1S/C72H123NO13/c1-3-5-7-9-11-13-15-17-19-21-23-25-26-27-28-29-30-31-32-33-34-36-38-40-42-44-46-48-50-52-54-56-64(77)73-60(61(76)55-53-51-49-47-45-43-41-39-37-35-24-22-20-18-16-14-12-10-8-6-4-2)59-83-71-69(82)67(80)70(63(58-75)85-71)86-72-68(81)66(79)65(78)62(57-74)84-72/h5,7,11,13,17,19,23,25,27-28,30-31,33-34,45,47,53,55,60-63,65-72,74-76,78-82H,3-4,6,8-10,12,14-16,18,20-22,24,26,29,32,35-44,46,48-52,54,56-59H2,1-2H3,(H,73,77)/b7-5-,13-11-,19-17-,25-23-,28-27-,31-30-,34-33-,47-45+,55-53+. The molecule has 14 nitrogen and oxygen atoms in total. The molecule has 2 rings (SSSR count). The normalized spacial score (nSPS) is 24.1. The molecule has 14 heteroatoms. The largest absolute Gasteiger partial charge is 0.394 e. The molecule has 0 bridgehead atoms. The Balaban J connectivity index is 1.71. The first-order chi connectivity index (χ1) is 42.1. The number of aliphatic hydroxyl groups excluding tert-OH is 8. The molecule has 0 saturated carbocycles. The van der Waals surface area contributed by atoms with Gasteiger partial charge in [0.2, 0.25) is 5.91 Å². The number of hydrogen-bond donors (Lipinski definition) is 9. The van der Waals surface area contributed by atoms with Crippen LogP contribution in [0.25, 0.3) is 0 Å². The lowest BCUT2D eigenvalue weighted by atomic mass is 9.97. The summed E-state index contributed by atoms with van der Waals surface area (Å²) in [5.74, 6) is -0.259. The van der Waals surface area contributed by atoms with E-state index < -0.39 is 86.8 Å². The summed E-state index contributed by atoms with van der Waals surface area (Å²) in [5, 5.41) is 87.3. The quantitative estimate of drug-likeness (QED) is 0.0204. The van der Waals surface area contributed by atoms with Crippen LogP contribution in [0, 0.1) is 0 Å². The summed E-state index contributed by atoms with van der Waals surface area (Å²) in [7, 11) is 0. The van der Waals surface area contributed by atoms with Crippen molar-refractivity contribution < 1.29 is 64.6 Å². The van der Waals surface area contributed by atoms with Gasteiger partial charge < -0.3 is 65.1 Å². The summed E-state index contributed by atoms with van der Waals surface area (Å²) in [6.07, 6.45) is 62.7. The highest BCUT2D eigenvalue weighted by Crippen LogP contribution is 2.30. The number of carbonyl (C=O) groups is 1. The molecule has 0 radical (unpaired) electrons. The minimum absolute atomic E-state index is 0.259. The first kappa shape index (κ1) is 78.7. The van der Waals surface area contributed by atoms with Gasteiger partial charge in [-0.25, -0.2) is 0 Å². The zero-order valence-corrected chi connectivity index (χ0v) is 53.5. The molecule has 0 aromatic heterocycles. The predicted molar refractivity (Wildman–Crippen MR) is 350 cm³/mol. The Hall–Kier alpha value is -3.35. The van der Waals surface area contributed by atoms with Crippen LogP contribution in [0.3, 0.4) is 0 Å². The van der Waals surface area contributed by atoms with E-state index in [-0.39, 0.29) is 18.9 Å². The van der Waals surface area contributed by atoms with Crippen LogP contribution in [0.15, 0.2) is 109 Å². The number of allylic oxidation sites excluding steroid dienone is 17. The van der Waals surface area contributed by atoms with Crippen LogP contribution in [-0.4, -0.2) is 140 Å². The Kier molecular flexibility index (Phi) is 51.0. The van der Waals surface area contributed by atoms with Gasteiger partial charge in [-0.3, -0.25) is 4.79 Å². The summed E-state index contributed by atoms with van der Waals surface area (Å²) < 4.78 is 22.8. The molecule has 2 heterocycles. The highest BCUT2D eigenvalue weighted by atomic mass is 16.7. The molecule has 0 aliphatic carbocycles. The number of amides is 1. The van der Waals surface area contributed by atoms with Gasteiger partial charge in [0.1, 0.15) is 48.8 Å². The zero-order chi connectivity index (χ0) is 62.3. The first-order valence-electron chi connectivity index (χ1n) is 34.1. The van der Waals surface area contributed by atoms with Gasteiger partial charge in [-0.05, 0) is 89.9 Å². The number of ether oxygens (including phenoxy) is 4. The molecular weight excluding hydrogens is 1090 g/mol. The van der Waals surface area contributed by atoms with Crippen molar-refractivity contribution >= 4 is 5.91 Å². The van der Waals surface area contributed by atoms with Crippen molar-refractivity contribution in [3.8, 4) is 0 Å². The molecule has 494 valence electrons. The summed E-state index contributed by atoms with van der Waals surface area (Å²) in [4.78, 5) is 13.3. The van der Waals surface area contributed by atoms with E-state index in [1.807, 2.05) is 6.08 Å². The summed E-state index contributed by atoms with van der Waals surface area (Å²) in [6, 6.07) is -0.943. The van der Waals surface area contributed by atoms with Crippen molar-refractivity contribution in [2.45, 2.75) is 319 Å². The topological polar surface area (TPSA) is 228 Å². The molecule has 2 saturated heterocycles. The maximum absolute atomic E-state index is 13.3. The van der Waals surface area contributed by atoms with E-state index in [0.717, 1.165) is 83.5 Å². The fraction of sp³-hybridized carbons (Fsp3) is 0.736. The third kappa shape index (κ3) is 39.6. The van der Waals surface area contributed by atoms with Gasteiger partial charge in [-0.1, -0.05) is 258 Å². The van der Waals surface area contributed by atoms with Crippen LogP contribution in [0.5, 0.6) is 0 Å². The maximum Gasteiger partial charge on any atom is 0.220 e. The van der Waals surface area contributed by atoms with Crippen LogP contribution in [0.1, 0.15) is 245 Å². The van der Waals surface area contributed by atoms with Gasteiger partial charge in [-0.2, -0.15) is 0 Å². The molecule has 0 aromatic rings. The Morgan fingerprint density at radius 1 is 0.430 bits per heavy atom. The number of aliphatic hydroxyl groups is 8. The van der Waals surface area contributed by atoms with E-state index in [1.165, 1.54) is 128 Å². The molecule has 9 N–H and O–H groups in total. The number of unbranched alkanes of at least 4 members (excludes halogenated alkanes) is 25. The number of carbonyl (C=O) groups excluding carboxylic acids is 1. The Bertz CT molecular complexity index is 1860. The number of rotatable bonds is 54. The van der Waals surface area contributed by atoms with Crippen molar-refractivity contribution in [2.75, 3.05) is 19.8 Å². The lowest BCUT2D eigenvalue weighted by Crippen LogP contribution is -2.65. The second-order valence-electron chi connectivity index (χ2n) is 23.6. The van der Waals surface area contributed by atoms with Gasteiger partial charge in [-0.15, -0.1) is 0 Å². The maximum atomic E-state index is 13.3. The summed E-state index contributed by atoms with van der Waals surface area (Å²) >= 11 is 0. The van der Waals surface area contributed by atoms with Crippen LogP contribution >= 0.6 is 0 Å². The van der Waals surface area contributed by atoms with Crippen molar-refractivity contribution in [1.82, 2.24) is 5.32 Å². The second-order valence-corrected chi connectivity index (χ2v) is 23.6. The van der Waals surface area contributed by atoms with Crippen molar-refractivity contribution in [3.63, 3.8) is 0 Å². The Labute approximate surface area is 521 Å². The minimum Gasteiger partial charge on any atom is -0.394 e. The molecule has 12 unspecified atom stereocenters. The van der Waals surface area contributed by atoms with Crippen molar-refractivity contribution in [3.05, 3.63) is 109 Å². The van der Waals surface area contributed by atoms with Crippen LogP contribution in [0.4, 0.5) is 0 Å². The average molecular weight is 1210 g/mol. The zero-order valence-electron chi connectivity index (χ0n) is 53.5. The Morgan fingerprint density at radius 2 is 0.814 bits per heavy atom. The smallest absolute Gasteiger partial charge is 0.220 e. The molecule has 0 aromatic carbocycles. The molecule has 12 atom stereocenters. The van der Waals surface area contributed by atoms with E-state index in [1.54, 1.807) is 6.08 Å². The van der Waals surface area contributed by atoms with Gasteiger partial charge in [0, 0.05) is 6.42 Å². The third-order valence-corrected chi connectivity index (χ3v) is 15.9.